The molecule has 2 fully saturated rings. The van der Waals surface area contributed by atoms with Gasteiger partial charge in [-0.05, 0) is 23.8 Å². The number of hydrogen-bond acceptors (Lipinski definition) is 4. The van der Waals surface area contributed by atoms with Gasteiger partial charge in [0.05, 0.1) is 30.4 Å². The minimum Gasteiger partial charge on any atom is -0.373 e. The molecule has 5 nitrogen and oxygen atoms in total. The van der Waals surface area contributed by atoms with Gasteiger partial charge >= 0.3 is 0 Å². The van der Waals surface area contributed by atoms with Crippen molar-refractivity contribution in [3.05, 3.63) is 71.3 Å². The highest BCUT2D eigenvalue weighted by Gasteiger charge is 2.41. The molecule has 0 aromatic heterocycles. The molecule has 0 N–H and O–H groups in total. The van der Waals surface area contributed by atoms with Crippen LogP contribution in [0.4, 0.5) is 0 Å². The zero-order valence-electron chi connectivity index (χ0n) is 14.5. The number of carbonyl (C=O) groups excluding carboxylic acids is 1. The zero-order valence-corrected chi connectivity index (χ0v) is 14.5. The summed E-state index contributed by atoms with van der Waals surface area (Å²) in [7, 11) is 0. The summed E-state index contributed by atoms with van der Waals surface area (Å²) in [6.45, 7) is 3.71. The molecule has 0 radical (unpaired) electrons. The molecular weight excluding hydrogens is 326 g/mol. The van der Waals surface area contributed by atoms with Gasteiger partial charge in [-0.2, -0.15) is 5.26 Å². The predicted octanol–water partition coefficient (Wildman–Crippen LogP) is 2.28. The van der Waals surface area contributed by atoms with Gasteiger partial charge in [-0.15, -0.1) is 0 Å². The quantitative estimate of drug-likeness (QED) is 0.855. The first-order valence-corrected chi connectivity index (χ1v) is 8.93. The zero-order chi connectivity index (χ0) is 17.9. The Hall–Kier alpha value is -2.68. The number of nitriles is 1. The van der Waals surface area contributed by atoms with Gasteiger partial charge in [-0.3, -0.25) is 9.69 Å². The molecule has 5 heteroatoms. The number of morpholine rings is 1. The van der Waals surface area contributed by atoms with E-state index in [1.165, 1.54) is 5.56 Å². The largest absolute Gasteiger partial charge is 0.373 e. The average Bonchev–Trinajstić information content (AvgIpc) is 3.13. The lowest BCUT2D eigenvalue weighted by molar-refractivity contribution is -0.0503. The van der Waals surface area contributed by atoms with Crippen LogP contribution >= 0.6 is 0 Å². The molecule has 132 valence electrons. The van der Waals surface area contributed by atoms with E-state index in [0.29, 0.717) is 30.8 Å². The van der Waals surface area contributed by atoms with Gasteiger partial charge in [0.1, 0.15) is 0 Å². The minimum absolute atomic E-state index is 0.0280. The Bertz CT molecular complexity index is 831. The fourth-order valence-corrected chi connectivity index (χ4v) is 3.84. The first-order chi connectivity index (χ1) is 12.7. The first kappa shape index (κ1) is 16.8. The topological polar surface area (TPSA) is 56.6 Å². The monoisotopic (exact) mass is 347 g/mol. The molecule has 2 aliphatic rings. The molecule has 2 aromatic rings. The van der Waals surface area contributed by atoms with Crippen molar-refractivity contribution < 1.29 is 9.53 Å². The number of hydrogen-bond donors (Lipinski definition) is 0. The van der Waals surface area contributed by atoms with Crippen LogP contribution in [0.2, 0.25) is 0 Å². The predicted molar refractivity (Wildman–Crippen MR) is 97.4 cm³/mol. The second kappa shape index (κ2) is 7.28. The molecule has 26 heavy (non-hydrogen) atoms. The lowest BCUT2D eigenvalue weighted by atomic mass is 10.1. The molecule has 4 rings (SSSR count). The Morgan fingerprint density at radius 2 is 2.00 bits per heavy atom. The highest BCUT2D eigenvalue weighted by Crippen LogP contribution is 2.26. The molecule has 2 atom stereocenters. The van der Waals surface area contributed by atoms with Crippen molar-refractivity contribution in [3.8, 4) is 6.07 Å². The van der Waals surface area contributed by atoms with E-state index < -0.39 is 0 Å². The van der Waals surface area contributed by atoms with Crippen molar-refractivity contribution in [1.82, 2.24) is 9.80 Å². The molecule has 0 spiro atoms. The maximum Gasteiger partial charge on any atom is 0.254 e. The van der Waals surface area contributed by atoms with Crippen molar-refractivity contribution >= 4 is 5.91 Å². The van der Waals surface area contributed by atoms with Gasteiger partial charge in [0.15, 0.2) is 0 Å². The Morgan fingerprint density at radius 3 is 2.81 bits per heavy atom. The smallest absolute Gasteiger partial charge is 0.254 e. The summed E-state index contributed by atoms with van der Waals surface area (Å²) in [5.74, 6) is -0.0280. The van der Waals surface area contributed by atoms with Crippen molar-refractivity contribution in [1.29, 1.82) is 5.26 Å². The normalized spacial score (nSPS) is 22.7. The lowest BCUT2D eigenvalue weighted by Crippen LogP contribution is -2.50. The van der Waals surface area contributed by atoms with Gasteiger partial charge in [-0.1, -0.05) is 36.4 Å². The third kappa shape index (κ3) is 3.34. The van der Waals surface area contributed by atoms with Crippen LogP contribution < -0.4 is 0 Å². The SMILES string of the molecule is N#Cc1cccc(C(=O)N2C[C@@H]3[C@@H](C2)OCCN3Cc2ccccc2)c1. The van der Waals surface area contributed by atoms with E-state index in [0.717, 1.165) is 13.1 Å². The lowest BCUT2D eigenvalue weighted by Gasteiger charge is -2.36. The third-order valence-electron chi connectivity index (χ3n) is 5.17. The van der Waals surface area contributed by atoms with Crippen LogP contribution in [0.3, 0.4) is 0 Å². The van der Waals surface area contributed by atoms with Crippen LogP contribution in [-0.2, 0) is 11.3 Å². The highest BCUT2D eigenvalue weighted by molar-refractivity contribution is 5.94. The van der Waals surface area contributed by atoms with Crippen LogP contribution in [0.15, 0.2) is 54.6 Å². The van der Waals surface area contributed by atoms with E-state index in [1.54, 1.807) is 24.3 Å². The standard InChI is InChI=1S/C21H21N3O2/c22-12-17-7-4-8-18(11-17)21(25)24-14-19-20(15-24)26-10-9-23(19)13-16-5-2-1-3-6-16/h1-8,11,19-20H,9-10,13-15H2/t19-,20-/m1/s1. The Kier molecular flexibility index (Phi) is 4.70. The van der Waals surface area contributed by atoms with Gasteiger partial charge in [0.2, 0.25) is 0 Å². The van der Waals surface area contributed by atoms with E-state index in [-0.39, 0.29) is 18.1 Å². The maximum atomic E-state index is 12.9. The molecule has 2 saturated heterocycles. The summed E-state index contributed by atoms with van der Waals surface area (Å²) in [5, 5.41) is 9.05. The first-order valence-electron chi connectivity index (χ1n) is 8.93. The Labute approximate surface area is 153 Å². The number of likely N-dealkylation sites (tertiary alicyclic amines) is 1. The summed E-state index contributed by atoms with van der Waals surface area (Å²) in [6.07, 6.45) is 0.0514. The van der Waals surface area contributed by atoms with E-state index in [9.17, 15) is 4.79 Å². The van der Waals surface area contributed by atoms with Crippen LogP contribution in [0.5, 0.6) is 0 Å². The Morgan fingerprint density at radius 1 is 1.15 bits per heavy atom. The number of ether oxygens (including phenoxy) is 1. The van der Waals surface area contributed by atoms with Crippen LogP contribution in [0.25, 0.3) is 0 Å². The molecule has 0 bridgehead atoms. The van der Waals surface area contributed by atoms with E-state index >= 15 is 0 Å². The Balaban J connectivity index is 1.48. The van der Waals surface area contributed by atoms with Crippen molar-refractivity contribution in [2.75, 3.05) is 26.2 Å². The van der Waals surface area contributed by atoms with Gasteiger partial charge in [0.25, 0.3) is 5.91 Å². The second-order valence-electron chi connectivity index (χ2n) is 6.84. The molecule has 0 unspecified atom stereocenters. The molecule has 0 aliphatic carbocycles. The molecule has 0 saturated carbocycles. The maximum absolute atomic E-state index is 12.9. The number of benzene rings is 2. The molecule has 2 heterocycles. The number of amides is 1. The van der Waals surface area contributed by atoms with Gasteiger partial charge in [-0.25, -0.2) is 0 Å². The highest BCUT2D eigenvalue weighted by atomic mass is 16.5. The summed E-state index contributed by atoms with van der Waals surface area (Å²) in [6, 6.07) is 19.6. The van der Waals surface area contributed by atoms with Crippen molar-refractivity contribution in [3.63, 3.8) is 0 Å². The number of carbonyl (C=O) groups is 1. The van der Waals surface area contributed by atoms with E-state index in [2.05, 4.69) is 35.2 Å². The average molecular weight is 347 g/mol. The van der Waals surface area contributed by atoms with Crippen LogP contribution in [0, 0.1) is 11.3 Å². The second-order valence-corrected chi connectivity index (χ2v) is 6.84. The molecular formula is C21H21N3O2. The summed E-state index contributed by atoms with van der Waals surface area (Å²) >= 11 is 0. The fraction of sp³-hybridized carbons (Fsp3) is 0.333. The van der Waals surface area contributed by atoms with E-state index in [4.69, 9.17) is 10.00 Å². The van der Waals surface area contributed by atoms with Crippen LogP contribution in [0.1, 0.15) is 21.5 Å². The third-order valence-corrected chi connectivity index (χ3v) is 5.17. The molecule has 2 aliphatic heterocycles. The van der Waals surface area contributed by atoms with Gasteiger partial charge < -0.3 is 9.64 Å². The minimum atomic E-state index is -0.0280. The summed E-state index contributed by atoms with van der Waals surface area (Å²) < 4.78 is 5.94. The van der Waals surface area contributed by atoms with Gasteiger partial charge in [0, 0.05) is 31.7 Å². The fourth-order valence-electron chi connectivity index (χ4n) is 3.84. The summed E-state index contributed by atoms with van der Waals surface area (Å²) in [5.41, 5.74) is 2.35. The summed E-state index contributed by atoms with van der Waals surface area (Å²) in [4.78, 5) is 17.1. The number of nitrogens with zero attached hydrogens (tertiary/aromatic N) is 3. The van der Waals surface area contributed by atoms with Crippen LogP contribution in [-0.4, -0.2) is 54.1 Å². The van der Waals surface area contributed by atoms with Crippen molar-refractivity contribution in [2.45, 2.75) is 18.7 Å². The number of fused-ring (bicyclic) bond motifs is 1. The molecule has 2 aromatic carbocycles. The number of rotatable bonds is 3. The van der Waals surface area contributed by atoms with Crippen molar-refractivity contribution in [2.24, 2.45) is 0 Å². The van der Waals surface area contributed by atoms with E-state index in [1.807, 2.05) is 11.0 Å². The molecule has 1 amide bonds.